The van der Waals surface area contributed by atoms with Crippen LogP contribution in [0.2, 0.25) is 0 Å². The van der Waals surface area contributed by atoms with Crippen LogP contribution in [0.4, 0.5) is 4.39 Å². The molecule has 27 heavy (non-hydrogen) atoms. The molecule has 6 heteroatoms. The van der Waals surface area contributed by atoms with Crippen LogP contribution in [0.25, 0.3) is 0 Å². The molecule has 2 aromatic carbocycles. The molecule has 1 amide bonds. The van der Waals surface area contributed by atoms with Crippen LogP contribution in [0.15, 0.2) is 42.5 Å². The van der Waals surface area contributed by atoms with Gasteiger partial charge in [-0.05, 0) is 56.2 Å². The number of carbonyl (C=O) groups excluding carboxylic acids is 2. The molecule has 0 spiro atoms. The van der Waals surface area contributed by atoms with Crippen molar-refractivity contribution in [2.45, 2.75) is 26.0 Å². The highest BCUT2D eigenvalue weighted by Gasteiger charge is 2.09. The standard InChI is InChI=1S/C21H24FNO3S/c1-3-26-20-9-6-17(15(2)24)12-18(20)13-27-14-21(25)23-11-10-16-4-7-19(22)8-5-16/h4-9,12H,3,10-11,13-14H2,1-2H3,(H,23,25). The molecule has 144 valence electrons. The molecule has 0 aliphatic heterocycles. The number of carbonyl (C=O) groups is 2. The molecule has 0 atom stereocenters. The summed E-state index contributed by atoms with van der Waals surface area (Å²) in [7, 11) is 0. The average Bonchev–Trinajstić information content (AvgIpc) is 2.64. The number of ether oxygens (including phenoxy) is 1. The zero-order chi connectivity index (χ0) is 19.6. The second kappa shape index (κ2) is 10.7. The molecule has 2 aromatic rings. The van der Waals surface area contributed by atoms with E-state index in [4.69, 9.17) is 4.74 Å². The van der Waals surface area contributed by atoms with E-state index in [1.807, 2.05) is 13.0 Å². The van der Waals surface area contributed by atoms with Gasteiger partial charge < -0.3 is 10.1 Å². The Labute approximate surface area is 163 Å². The summed E-state index contributed by atoms with van der Waals surface area (Å²) >= 11 is 1.47. The number of rotatable bonds is 10. The first-order valence-electron chi connectivity index (χ1n) is 8.85. The highest BCUT2D eigenvalue weighted by Crippen LogP contribution is 2.25. The van der Waals surface area contributed by atoms with E-state index in [-0.39, 0.29) is 17.5 Å². The minimum absolute atomic E-state index is 0.00262. The molecule has 0 aliphatic carbocycles. The lowest BCUT2D eigenvalue weighted by molar-refractivity contribution is -0.118. The number of amides is 1. The molecule has 0 unspecified atom stereocenters. The van der Waals surface area contributed by atoms with Gasteiger partial charge in [0.15, 0.2) is 5.78 Å². The maximum absolute atomic E-state index is 12.9. The first-order chi connectivity index (χ1) is 13.0. The third-order valence-electron chi connectivity index (χ3n) is 3.91. The van der Waals surface area contributed by atoms with Gasteiger partial charge in [0.2, 0.25) is 5.91 Å². The van der Waals surface area contributed by atoms with Crippen molar-refractivity contribution in [2.75, 3.05) is 18.9 Å². The molecule has 2 rings (SSSR count). The summed E-state index contributed by atoms with van der Waals surface area (Å²) < 4.78 is 18.5. The lowest BCUT2D eigenvalue weighted by atomic mass is 10.1. The van der Waals surface area contributed by atoms with Gasteiger partial charge in [-0.25, -0.2) is 4.39 Å². The molecule has 0 aliphatic rings. The number of benzene rings is 2. The van der Waals surface area contributed by atoms with E-state index < -0.39 is 0 Å². The van der Waals surface area contributed by atoms with E-state index in [1.165, 1.54) is 30.8 Å². The van der Waals surface area contributed by atoms with Gasteiger partial charge in [-0.15, -0.1) is 11.8 Å². The fourth-order valence-electron chi connectivity index (χ4n) is 2.51. The van der Waals surface area contributed by atoms with Gasteiger partial charge in [-0.1, -0.05) is 12.1 Å². The predicted molar refractivity (Wildman–Crippen MR) is 107 cm³/mol. The first-order valence-corrected chi connectivity index (χ1v) is 10.0. The molecular weight excluding hydrogens is 365 g/mol. The Morgan fingerprint density at radius 1 is 1.15 bits per heavy atom. The number of nitrogens with one attached hydrogen (secondary N) is 1. The molecule has 0 bridgehead atoms. The number of hydrogen-bond acceptors (Lipinski definition) is 4. The maximum atomic E-state index is 12.9. The van der Waals surface area contributed by atoms with Gasteiger partial charge in [-0.3, -0.25) is 9.59 Å². The molecule has 0 aromatic heterocycles. The molecule has 0 saturated carbocycles. The van der Waals surface area contributed by atoms with Gasteiger partial charge in [0, 0.05) is 23.4 Å². The SMILES string of the molecule is CCOc1ccc(C(C)=O)cc1CSCC(=O)NCCc1ccc(F)cc1. The highest BCUT2D eigenvalue weighted by atomic mass is 32.2. The zero-order valence-electron chi connectivity index (χ0n) is 15.6. The summed E-state index contributed by atoms with van der Waals surface area (Å²) in [5.41, 5.74) is 2.53. The molecule has 1 N–H and O–H groups in total. The maximum Gasteiger partial charge on any atom is 0.230 e. The van der Waals surface area contributed by atoms with Crippen LogP contribution < -0.4 is 10.1 Å². The molecule has 0 radical (unpaired) electrons. The van der Waals surface area contributed by atoms with Crippen molar-refractivity contribution in [1.29, 1.82) is 0 Å². The number of thioether (sulfide) groups is 1. The lowest BCUT2D eigenvalue weighted by Crippen LogP contribution is -2.27. The predicted octanol–water partition coefficient (Wildman–Crippen LogP) is 4.02. The Morgan fingerprint density at radius 2 is 1.89 bits per heavy atom. The monoisotopic (exact) mass is 389 g/mol. The van der Waals surface area contributed by atoms with E-state index in [1.54, 1.807) is 24.3 Å². The average molecular weight is 389 g/mol. The molecule has 0 saturated heterocycles. The summed E-state index contributed by atoms with van der Waals surface area (Å²) in [6.07, 6.45) is 0.659. The van der Waals surface area contributed by atoms with Crippen LogP contribution >= 0.6 is 11.8 Å². The van der Waals surface area contributed by atoms with Gasteiger partial charge in [-0.2, -0.15) is 0 Å². The number of hydrogen-bond donors (Lipinski definition) is 1. The van der Waals surface area contributed by atoms with Crippen molar-refractivity contribution < 1.29 is 18.7 Å². The normalized spacial score (nSPS) is 10.5. The fraction of sp³-hybridized carbons (Fsp3) is 0.333. The van der Waals surface area contributed by atoms with E-state index in [9.17, 15) is 14.0 Å². The molecule has 0 fully saturated rings. The quantitative estimate of drug-likeness (QED) is 0.624. The number of ketones is 1. The van der Waals surface area contributed by atoms with Gasteiger partial charge >= 0.3 is 0 Å². The van der Waals surface area contributed by atoms with Crippen molar-refractivity contribution in [3.63, 3.8) is 0 Å². The summed E-state index contributed by atoms with van der Waals surface area (Å²) in [5.74, 6) is 1.33. The van der Waals surface area contributed by atoms with Crippen molar-refractivity contribution >= 4 is 23.5 Å². The zero-order valence-corrected chi connectivity index (χ0v) is 16.4. The van der Waals surface area contributed by atoms with Gasteiger partial charge in [0.25, 0.3) is 0 Å². The van der Waals surface area contributed by atoms with Crippen molar-refractivity contribution in [1.82, 2.24) is 5.32 Å². The number of halogens is 1. The molecule has 4 nitrogen and oxygen atoms in total. The van der Waals surface area contributed by atoms with Crippen LogP contribution in [0.1, 0.15) is 35.3 Å². The van der Waals surface area contributed by atoms with E-state index in [0.717, 1.165) is 16.9 Å². The van der Waals surface area contributed by atoms with Gasteiger partial charge in [0.05, 0.1) is 12.4 Å². The summed E-state index contributed by atoms with van der Waals surface area (Å²) in [6, 6.07) is 11.6. The second-order valence-corrected chi connectivity index (χ2v) is 7.02. The van der Waals surface area contributed by atoms with Gasteiger partial charge in [0.1, 0.15) is 11.6 Å². The highest BCUT2D eigenvalue weighted by molar-refractivity contribution is 7.99. The smallest absolute Gasteiger partial charge is 0.230 e. The van der Waals surface area contributed by atoms with Crippen molar-refractivity contribution in [3.05, 3.63) is 65.0 Å². The Kier molecular flexibility index (Phi) is 8.33. The van der Waals surface area contributed by atoms with Crippen LogP contribution in [0.3, 0.4) is 0 Å². The van der Waals surface area contributed by atoms with E-state index in [0.29, 0.717) is 36.6 Å². The summed E-state index contributed by atoms with van der Waals surface area (Å²) in [5, 5.41) is 2.86. The number of Topliss-reactive ketones (excluding diaryl/α,β-unsaturated/α-hetero) is 1. The molecular formula is C21H24FNO3S. The van der Waals surface area contributed by atoms with Crippen molar-refractivity contribution in [2.24, 2.45) is 0 Å². The minimum Gasteiger partial charge on any atom is -0.494 e. The third-order valence-corrected chi connectivity index (χ3v) is 4.89. The van der Waals surface area contributed by atoms with Crippen LogP contribution in [0, 0.1) is 5.82 Å². The lowest BCUT2D eigenvalue weighted by Gasteiger charge is -2.11. The topological polar surface area (TPSA) is 55.4 Å². The van der Waals surface area contributed by atoms with E-state index in [2.05, 4.69) is 5.32 Å². The Hall–Kier alpha value is -2.34. The Morgan fingerprint density at radius 3 is 2.56 bits per heavy atom. The first kappa shape index (κ1) is 21.0. The summed E-state index contributed by atoms with van der Waals surface area (Å²) in [6.45, 7) is 4.49. The van der Waals surface area contributed by atoms with Crippen LogP contribution in [-0.4, -0.2) is 30.6 Å². The Bertz CT molecular complexity index is 777. The molecule has 0 heterocycles. The third kappa shape index (κ3) is 7.06. The second-order valence-electron chi connectivity index (χ2n) is 6.03. The van der Waals surface area contributed by atoms with E-state index >= 15 is 0 Å². The van der Waals surface area contributed by atoms with Crippen molar-refractivity contribution in [3.8, 4) is 5.75 Å². The largest absolute Gasteiger partial charge is 0.494 e. The Balaban J connectivity index is 1.79. The van der Waals surface area contributed by atoms with Crippen LogP contribution in [0.5, 0.6) is 5.75 Å². The minimum atomic E-state index is -0.264. The fourth-order valence-corrected chi connectivity index (χ4v) is 3.34. The summed E-state index contributed by atoms with van der Waals surface area (Å²) in [4.78, 5) is 23.6. The van der Waals surface area contributed by atoms with Crippen LogP contribution in [-0.2, 0) is 17.0 Å².